The van der Waals surface area contributed by atoms with Crippen molar-refractivity contribution >= 4 is 17.4 Å². The van der Waals surface area contributed by atoms with E-state index in [0.29, 0.717) is 30.2 Å². The number of amides is 2. The second kappa shape index (κ2) is 10.1. The SMILES string of the molecule is O=C1C(c2ccccc2)=C(N2CCC(Cc3ccccc3)CC2)C(=O)N1CCc1ccccc1. The Bertz CT molecular complexity index is 1160. The van der Waals surface area contributed by atoms with Gasteiger partial charge in [0.05, 0.1) is 5.57 Å². The summed E-state index contributed by atoms with van der Waals surface area (Å²) in [6, 6.07) is 30.3. The van der Waals surface area contributed by atoms with Gasteiger partial charge in [-0.1, -0.05) is 91.0 Å². The predicted octanol–water partition coefficient (Wildman–Crippen LogP) is 4.96. The number of likely N-dealkylation sites (tertiary alicyclic amines) is 1. The minimum absolute atomic E-state index is 0.152. The van der Waals surface area contributed by atoms with Crippen LogP contribution in [0, 0.1) is 5.92 Å². The van der Waals surface area contributed by atoms with Gasteiger partial charge in [-0.3, -0.25) is 14.5 Å². The van der Waals surface area contributed by atoms with Crippen LogP contribution in [0.15, 0.2) is 96.7 Å². The van der Waals surface area contributed by atoms with Crippen LogP contribution in [-0.4, -0.2) is 41.2 Å². The van der Waals surface area contributed by atoms with E-state index in [-0.39, 0.29) is 11.8 Å². The molecule has 0 saturated carbocycles. The average Bonchev–Trinajstić information content (AvgIpc) is 3.14. The molecule has 2 aliphatic heterocycles. The van der Waals surface area contributed by atoms with Gasteiger partial charge in [0, 0.05) is 19.6 Å². The molecule has 3 aromatic carbocycles. The molecule has 2 amide bonds. The largest absolute Gasteiger partial charge is 0.366 e. The van der Waals surface area contributed by atoms with E-state index in [1.165, 1.54) is 10.5 Å². The first-order chi connectivity index (χ1) is 16.7. The second-order valence-electron chi connectivity index (χ2n) is 9.21. The van der Waals surface area contributed by atoms with Gasteiger partial charge in [0.2, 0.25) is 0 Å². The summed E-state index contributed by atoms with van der Waals surface area (Å²) < 4.78 is 0. The number of rotatable bonds is 7. The van der Waals surface area contributed by atoms with Gasteiger partial charge >= 0.3 is 0 Å². The molecule has 172 valence electrons. The van der Waals surface area contributed by atoms with Crippen molar-refractivity contribution in [2.75, 3.05) is 19.6 Å². The van der Waals surface area contributed by atoms with Gasteiger partial charge in [0.25, 0.3) is 11.8 Å². The van der Waals surface area contributed by atoms with E-state index in [9.17, 15) is 9.59 Å². The van der Waals surface area contributed by atoms with Crippen molar-refractivity contribution in [1.82, 2.24) is 9.80 Å². The minimum Gasteiger partial charge on any atom is -0.366 e. The van der Waals surface area contributed by atoms with Crippen molar-refractivity contribution in [1.29, 1.82) is 0 Å². The molecule has 3 aromatic rings. The first kappa shape index (κ1) is 22.1. The Labute approximate surface area is 201 Å². The number of hydrogen-bond donors (Lipinski definition) is 0. The molecule has 0 unspecified atom stereocenters. The van der Waals surface area contributed by atoms with Gasteiger partial charge in [-0.2, -0.15) is 0 Å². The summed E-state index contributed by atoms with van der Waals surface area (Å²) in [6.07, 6.45) is 3.76. The van der Waals surface area contributed by atoms with Crippen molar-refractivity contribution in [2.45, 2.75) is 25.7 Å². The van der Waals surface area contributed by atoms with Gasteiger partial charge in [-0.05, 0) is 48.3 Å². The van der Waals surface area contributed by atoms with Crippen LogP contribution >= 0.6 is 0 Å². The lowest BCUT2D eigenvalue weighted by Gasteiger charge is -2.34. The van der Waals surface area contributed by atoms with E-state index in [1.807, 2.05) is 60.7 Å². The summed E-state index contributed by atoms with van der Waals surface area (Å²) >= 11 is 0. The number of carbonyl (C=O) groups is 2. The third-order valence-electron chi connectivity index (χ3n) is 6.97. The Kier molecular flexibility index (Phi) is 6.57. The Morgan fingerprint density at radius 1 is 0.676 bits per heavy atom. The van der Waals surface area contributed by atoms with Crippen LogP contribution in [0.2, 0.25) is 0 Å². The van der Waals surface area contributed by atoms with Gasteiger partial charge in [-0.25, -0.2) is 0 Å². The van der Waals surface area contributed by atoms with E-state index >= 15 is 0 Å². The fourth-order valence-electron chi connectivity index (χ4n) is 5.12. The van der Waals surface area contributed by atoms with Crippen LogP contribution in [0.5, 0.6) is 0 Å². The van der Waals surface area contributed by atoms with Crippen LogP contribution in [0.1, 0.15) is 29.5 Å². The van der Waals surface area contributed by atoms with E-state index in [1.54, 1.807) is 0 Å². The molecule has 0 radical (unpaired) electrons. The highest BCUT2D eigenvalue weighted by molar-refractivity contribution is 6.35. The normalized spacial score (nSPS) is 17.1. The van der Waals surface area contributed by atoms with Crippen LogP contribution in [-0.2, 0) is 22.4 Å². The Balaban J connectivity index is 1.35. The lowest BCUT2D eigenvalue weighted by molar-refractivity contribution is -0.137. The summed E-state index contributed by atoms with van der Waals surface area (Å²) in [5.74, 6) is 0.274. The molecule has 1 saturated heterocycles. The van der Waals surface area contributed by atoms with E-state index < -0.39 is 0 Å². The number of nitrogens with zero attached hydrogens (tertiary/aromatic N) is 2. The number of imide groups is 1. The molecule has 2 aliphatic rings. The van der Waals surface area contributed by atoms with Crippen molar-refractivity contribution in [3.8, 4) is 0 Å². The molecule has 0 aromatic heterocycles. The highest BCUT2D eigenvalue weighted by Crippen LogP contribution is 2.34. The number of carbonyl (C=O) groups excluding carboxylic acids is 2. The molecular formula is C30H30N2O2. The zero-order valence-corrected chi connectivity index (χ0v) is 19.4. The summed E-state index contributed by atoms with van der Waals surface area (Å²) in [7, 11) is 0. The van der Waals surface area contributed by atoms with Crippen molar-refractivity contribution in [2.24, 2.45) is 5.92 Å². The third kappa shape index (κ3) is 4.67. The second-order valence-corrected chi connectivity index (χ2v) is 9.21. The van der Waals surface area contributed by atoms with Crippen LogP contribution in [0.25, 0.3) is 5.57 Å². The van der Waals surface area contributed by atoms with Gasteiger partial charge in [0.1, 0.15) is 5.70 Å². The summed E-state index contributed by atoms with van der Waals surface area (Å²) in [5, 5.41) is 0. The lowest BCUT2D eigenvalue weighted by Crippen LogP contribution is -2.39. The Hall–Kier alpha value is -3.66. The maximum Gasteiger partial charge on any atom is 0.277 e. The van der Waals surface area contributed by atoms with E-state index in [0.717, 1.165) is 43.5 Å². The van der Waals surface area contributed by atoms with E-state index in [2.05, 4.69) is 35.2 Å². The zero-order valence-electron chi connectivity index (χ0n) is 19.4. The summed E-state index contributed by atoms with van der Waals surface area (Å²) in [4.78, 5) is 30.7. The fraction of sp³-hybridized carbons (Fsp3) is 0.267. The van der Waals surface area contributed by atoms with E-state index in [4.69, 9.17) is 0 Å². The first-order valence-electron chi connectivity index (χ1n) is 12.2. The highest BCUT2D eigenvalue weighted by atomic mass is 16.2. The van der Waals surface area contributed by atoms with Crippen molar-refractivity contribution in [3.05, 3.63) is 113 Å². The number of hydrogen-bond acceptors (Lipinski definition) is 3. The van der Waals surface area contributed by atoms with Crippen LogP contribution in [0.3, 0.4) is 0 Å². The molecule has 5 rings (SSSR count). The molecule has 0 atom stereocenters. The fourth-order valence-corrected chi connectivity index (χ4v) is 5.12. The van der Waals surface area contributed by atoms with Gasteiger partial charge in [0.15, 0.2) is 0 Å². The van der Waals surface area contributed by atoms with Crippen LogP contribution in [0.4, 0.5) is 0 Å². The molecule has 34 heavy (non-hydrogen) atoms. The Morgan fingerprint density at radius 2 is 1.24 bits per heavy atom. The van der Waals surface area contributed by atoms with Gasteiger partial charge in [-0.15, -0.1) is 0 Å². The molecule has 0 spiro atoms. The quantitative estimate of drug-likeness (QED) is 0.478. The summed E-state index contributed by atoms with van der Waals surface area (Å²) in [5.41, 5.74) is 4.45. The number of benzene rings is 3. The first-order valence-corrected chi connectivity index (χ1v) is 12.2. The lowest BCUT2D eigenvalue weighted by atomic mass is 9.89. The third-order valence-corrected chi connectivity index (χ3v) is 6.97. The minimum atomic E-state index is -0.173. The molecular weight excluding hydrogens is 420 g/mol. The molecule has 1 fully saturated rings. The Morgan fingerprint density at radius 3 is 1.85 bits per heavy atom. The predicted molar refractivity (Wildman–Crippen MR) is 135 cm³/mol. The summed E-state index contributed by atoms with van der Waals surface area (Å²) in [6.45, 7) is 2.00. The smallest absolute Gasteiger partial charge is 0.277 e. The maximum absolute atomic E-state index is 13.6. The molecule has 2 heterocycles. The van der Waals surface area contributed by atoms with Crippen LogP contribution < -0.4 is 0 Å². The highest BCUT2D eigenvalue weighted by Gasteiger charge is 2.41. The van der Waals surface area contributed by atoms with Gasteiger partial charge < -0.3 is 4.90 Å². The zero-order chi connectivity index (χ0) is 23.3. The van der Waals surface area contributed by atoms with Crippen molar-refractivity contribution < 1.29 is 9.59 Å². The molecule has 4 heteroatoms. The average molecular weight is 451 g/mol. The maximum atomic E-state index is 13.6. The molecule has 0 N–H and O–H groups in total. The molecule has 0 aliphatic carbocycles. The molecule has 4 nitrogen and oxygen atoms in total. The monoisotopic (exact) mass is 450 g/mol. The number of piperidine rings is 1. The van der Waals surface area contributed by atoms with Crippen molar-refractivity contribution in [3.63, 3.8) is 0 Å². The topological polar surface area (TPSA) is 40.6 Å². The standard InChI is InChI=1S/C30H30N2O2/c33-29-27(26-14-8-3-9-15-26)28(30(34)32(29)21-18-23-10-4-1-5-11-23)31-19-16-25(17-20-31)22-24-12-6-2-7-13-24/h1-15,25H,16-22H2. The molecule has 0 bridgehead atoms.